The van der Waals surface area contributed by atoms with Gasteiger partial charge in [0.25, 0.3) is 0 Å². The Morgan fingerprint density at radius 3 is 2.26 bits per heavy atom. The van der Waals surface area contributed by atoms with E-state index in [0.717, 1.165) is 33.3 Å². The van der Waals surface area contributed by atoms with Gasteiger partial charge in [0.1, 0.15) is 5.75 Å². The molecular formula is C17H15NO. The van der Waals surface area contributed by atoms with Gasteiger partial charge in [-0.3, -0.25) is 0 Å². The van der Waals surface area contributed by atoms with Gasteiger partial charge in [0.05, 0.1) is 7.11 Å². The van der Waals surface area contributed by atoms with Gasteiger partial charge in [-0.05, 0) is 23.1 Å². The minimum absolute atomic E-state index is 0.800. The van der Waals surface area contributed by atoms with Crippen LogP contribution in [0, 0.1) is 0 Å². The maximum atomic E-state index is 6.04. The molecule has 94 valence electrons. The van der Waals surface area contributed by atoms with Crippen LogP contribution in [0.5, 0.6) is 5.75 Å². The van der Waals surface area contributed by atoms with Crippen LogP contribution in [0.1, 0.15) is 0 Å². The van der Waals surface area contributed by atoms with Crippen LogP contribution in [0.4, 0.5) is 5.69 Å². The summed E-state index contributed by atoms with van der Waals surface area (Å²) in [7, 11) is 1.69. The SMILES string of the molecule is COc1ccccc1-c1cccc2c(N)cccc12. The van der Waals surface area contributed by atoms with Gasteiger partial charge in [0.2, 0.25) is 0 Å². The molecule has 0 saturated heterocycles. The Kier molecular flexibility index (Phi) is 2.84. The van der Waals surface area contributed by atoms with E-state index in [0.29, 0.717) is 0 Å². The van der Waals surface area contributed by atoms with Crippen molar-refractivity contribution < 1.29 is 4.74 Å². The molecule has 0 spiro atoms. The fraction of sp³-hybridized carbons (Fsp3) is 0.0588. The lowest BCUT2D eigenvalue weighted by Gasteiger charge is -2.12. The molecule has 0 atom stereocenters. The Morgan fingerprint density at radius 1 is 0.737 bits per heavy atom. The van der Waals surface area contributed by atoms with E-state index in [1.807, 2.05) is 42.5 Å². The van der Waals surface area contributed by atoms with Crippen LogP contribution in [-0.2, 0) is 0 Å². The van der Waals surface area contributed by atoms with Crippen LogP contribution in [0.3, 0.4) is 0 Å². The number of rotatable bonds is 2. The maximum Gasteiger partial charge on any atom is 0.126 e. The summed E-state index contributed by atoms with van der Waals surface area (Å²) < 4.78 is 5.45. The molecule has 0 heterocycles. The predicted molar refractivity (Wildman–Crippen MR) is 80.3 cm³/mol. The fourth-order valence-electron chi connectivity index (χ4n) is 2.44. The number of nitrogen functional groups attached to an aromatic ring is 1. The van der Waals surface area contributed by atoms with E-state index in [-0.39, 0.29) is 0 Å². The van der Waals surface area contributed by atoms with Crippen molar-refractivity contribution in [2.24, 2.45) is 0 Å². The zero-order valence-electron chi connectivity index (χ0n) is 10.8. The summed E-state index contributed by atoms with van der Waals surface area (Å²) in [6, 6.07) is 20.2. The molecular weight excluding hydrogens is 234 g/mol. The molecule has 3 aromatic rings. The summed E-state index contributed by atoms with van der Waals surface area (Å²) in [6.07, 6.45) is 0. The second-order valence-electron chi connectivity index (χ2n) is 4.45. The minimum Gasteiger partial charge on any atom is -0.496 e. The topological polar surface area (TPSA) is 35.2 Å². The highest BCUT2D eigenvalue weighted by Crippen LogP contribution is 2.36. The number of para-hydroxylation sites is 1. The molecule has 3 aromatic carbocycles. The molecule has 0 saturated carbocycles. The van der Waals surface area contributed by atoms with Gasteiger partial charge in [0.15, 0.2) is 0 Å². The Hall–Kier alpha value is -2.48. The second-order valence-corrected chi connectivity index (χ2v) is 4.45. The van der Waals surface area contributed by atoms with Gasteiger partial charge < -0.3 is 10.5 Å². The van der Waals surface area contributed by atoms with Gasteiger partial charge >= 0.3 is 0 Å². The summed E-state index contributed by atoms with van der Waals surface area (Å²) in [6.45, 7) is 0. The van der Waals surface area contributed by atoms with E-state index < -0.39 is 0 Å². The molecule has 19 heavy (non-hydrogen) atoms. The predicted octanol–water partition coefficient (Wildman–Crippen LogP) is 4.10. The van der Waals surface area contributed by atoms with Crippen LogP contribution >= 0.6 is 0 Å². The molecule has 2 heteroatoms. The molecule has 2 N–H and O–H groups in total. The van der Waals surface area contributed by atoms with Crippen molar-refractivity contribution in [1.82, 2.24) is 0 Å². The molecule has 0 aliphatic carbocycles. The zero-order valence-corrected chi connectivity index (χ0v) is 10.8. The van der Waals surface area contributed by atoms with E-state index in [1.54, 1.807) is 7.11 Å². The molecule has 0 fully saturated rings. The van der Waals surface area contributed by atoms with E-state index >= 15 is 0 Å². The number of benzene rings is 3. The van der Waals surface area contributed by atoms with Crippen molar-refractivity contribution in [2.75, 3.05) is 12.8 Å². The molecule has 0 aliphatic heterocycles. The number of fused-ring (bicyclic) bond motifs is 1. The molecule has 0 amide bonds. The molecule has 2 nitrogen and oxygen atoms in total. The van der Waals surface area contributed by atoms with Gasteiger partial charge in [-0.25, -0.2) is 0 Å². The first kappa shape index (κ1) is 11.6. The van der Waals surface area contributed by atoms with Crippen LogP contribution in [-0.4, -0.2) is 7.11 Å². The monoisotopic (exact) mass is 249 g/mol. The van der Waals surface area contributed by atoms with Crippen molar-refractivity contribution in [2.45, 2.75) is 0 Å². The Morgan fingerprint density at radius 2 is 1.42 bits per heavy atom. The van der Waals surface area contributed by atoms with E-state index in [1.165, 1.54) is 0 Å². The highest BCUT2D eigenvalue weighted by Gasteiger charge is 2.09. The summed E-state index contributed by atoms with van der Waals surface area (Å²) in [5.74, 6) is 0.873. The largest absolute Gasteiger partial charge is 0.496 e. The van der Waals surface area contributed by atoms with Crippen molar-refractivity contribution in [1.29, 1.82) is 0 Å². The van der Waals surface area contributed by atoms with Gasteiger partial charge in [0, 0.05) is 16.6 Å². The number of hydrogen-bond acceptors (Lipinski definition) is 2. The lowest BCUT2D eigenvalue weighted by molar-refractivity contribution is 0.416. The van der Waals surface area contributed by atoms with Gasteiger partial charge in [-0.15, -0.1) is 0 Å². The van der Waals surface area contributed by atoms with Crippen LogP contribution < -0.4 is 10.5 Å². The number of methoxy groups -OCH3 is 1. The fourth-order valence-corrected chi connectivity index (χ4v) is 2.44. The third-order valence-electron chi connectivity index (χ3n) is 3.35. The quantitative estimate of drug-likeness (QED) is 0.694. The third-order valence-corrected chi connectivity index (χ3v) is 3.35. The lowest BCUT2D eigenvalue weighted by atomic mass is 9.97. The van der Waals surface area contributed by atoms with E-state index in [9.17, 15) is 0 Å². The van der Waals surface area contributed by atoms with Crippen LogP contribution in [0.15, 0.2) is 60.7 Å². The molecule has 3 rings (SSSR count). The lowest BCUT2D eigenvalue weighted by Crippen LogP contribution is -1.90. The Bertz CT molecular complexity index is 734. The molecule has 0 aromatic heterocycles. The normalized spacial score (nSPS) is 10.6. The Labute approximate surface area is 112 Å². The Balaban J connectivity index is 2.34. The molecule has 0 unspecified atom stereocenters. The van der Waals surface area contributed by atoms with Crippen LogP contribution in [0.2, 0.25) is 0 Å². The van der Waals surface area contributed by atoms with Crippen LogP contribution in [0.25, 0.3) is 21.9 Å². The van der Waals surface area contributed by atoms with Gasteiger partial charge in [-0.2, -0.15) is 0 Å². The standard InChI is InChI=1S/C17H15NO/c1-19-17-11-3-2-6-15(17)13-7-4-9-14-12(13)8-5-10-16(14)18/h2-11H,18H2,1H3. The zero-order chi connectivity index (χ0) is 13.2. The summed E-state index contributed by atoms with van der Waals surface area (Å²) in [5.41, 5.74) is 9.07. The molecule has 0 aliphatic rings. The number of ether oxygens (including phenoxy) is 1. The average Bonchev–Trinajstić information content (AvgIpc) is 2.47. The smallest absolute Gasteiger partial charge is 0.126 e. The molecule has 0 bridgehead atoms. The summed E-state index contributed by atoms with van der Waals surface area (Å²) >= 11 is 0. The highest BCUT2D eigenvalue weighted by molar-refractivity contribution is 6.03. The second kappa shape index (κ2) is 4.65. The third kappa shape index (κ3) is 1.91. The van der Waals surface area contributed by atoms with Gasteiger partial charge in [-0.1, -0.05) is 48.5 Å². The summed E-state index contributed by atoms with van der Waals surface area (Å²) in [5, 5.41) is 2.22. The summed E-state index contributed by atoms with van der Waals surface area (Å²) in [4.78, 5) is 0. The van der Waals surface area contributed by atoms with Crippen molar-refractivity contribution in [3.05, 3.63) is 60.7 Å². The first-order chi connectivity index (χ1) is 9.31. The first-order valence-electron chi connectivity index (χ1n) is 6.22. The molecule has 0 radical (unpaired) electrons. The maximum absolute atomic E-state index is 6.04. The van der Waals surface area contributed by atoms with Crippen molar-refractivity contribution in [3.8, 4) is 16.9 Å². The average molecular weight is 249 g/mol. The van der Waals surface area contributed by atoms with Crippen molar-refractivity contribution >= 4 is 16.5 Å². The number of hydrogen-bond donors (Lipinski definition) is 1. The highest BCUT2D eigenvalue weighted by atomic mass is 16.5. The van der Waals surface area contributed by atoms with E-state index in [2.05, 4.69) is 18.2 Å². The number of nitrogens with two attached hydrogens (primary N) is 1. The van der Waals surface area contributed by atoms with Crippen molar-refractivity contribution in [3.63, 3.8) is 0 Å². The number of anilines is 1. The minimum atomic E-state index is 0.800. The van der Waals surface area contributed by atoms with E-state index in [4.69, 9.17) is 10.5 Å². The first-order valence-corrected chi connectivity index (χ1v) is 6.22.